The van der Waals surface area contributed by atoms with Crippen molar-refractivity contribution in [1.29, 1.82) is 5.26 Å². The Bertz CT molecular complexity index is 431. The minimum absolute atomic E-state index is 0.0639. The topological polar surface area (TPSA) is 40.9 Å². The van der Waals surface area contributed by atoms with E-state index in [0.717, 1.165) is 0 Å². The second-order valence-electron chi connectivity index (χ2n) is 3.01. The number of halogens is 1. The fourth-order valence-corrected chi connectivity index (χ4v) is 1.63. The molecule has 2 rings (SSSR count). The zero-order chi connectivity index (χ0) is 9.42. The van der Waals surface area contributed by atoms with Gasteiger partial charge in [0, 0.05) is 12.0 Å². The number of nitrogens with zero attached hydrogens (tertiary/aromatic N) is 1. The molecule has 1 aromatic rings. The number of Topliss-reactive ketones (excluding diaryl/α,β-unsaturated/α-hetero) is 1. The summed E-state index contributed by atoms with van der Waals surface area (Å²) in [4.78, 5) is 11.2. The fourth-order valence-electron chi connectivity index (χ4n) is 1.63. The van der Waals surface area contributed by atoms with Gasteiger partial charge >= 0.3 is 0 Å². The first-order valence-corrected chi connectivity index (χ1v) is 3.98. The van der Waals surface area contributed by atoms with Crippen LogP contribution in [0.25, 0.3) is 0 Å². The highest BCUT2D eigenvalue weighted by Crippen LogP contribution is 2.25. The molecule has 1 aliphatic rings. The monoisotopic (exact) mass is 175 g/mol. The minimum Gasteiger partial charge on any atom is -0.294 e. The van der Waals surface area contributed by atoms with Gasteiger partial charge < -0.3 is 0 Å². The third-order valence-electron chi connectivity index (χ3n) is 2.24. The van der Waals surface area contributed by atoms with Crippen molar-refractivity contribution >= 4 is 5.78 Å². The molecule has 3 heteroatoms. The van der Waals surface area contributed by atoms with E-state index in [9.17, 15) is 9.18 Å². The molecule has 0 atom stereocenters. The lowest BCUT2D eigenvalue weighted by Gasteiger charge is -1.99. The van der Waals surface area contributed by atoms with Gasteiger partial charge in [-0.05, 0) is 24.1 Å². The van der Waals surface area contributed by atoms with Gasteiger partial charge in [-0.25, -0.2) is 4.39 Å². The minimum atomic E-state index is -0.509. The van der Waals surface area contributed by atoms with E-state index in [1.807, 2.05) is 6.07 Å². The van der Waals surface area contributed by atoms with E-state index in [0.29, 0.717) is 29.5 Å². The first kappa shape index (κ1) is 7.93. The molecule has 0 aromatic heterocycles. The van der Waals surface area contributed by atoms with Crippen molar-refractivity contribution in [2.75, 3.05) is 0 Å². The van der Waals surface area contributed by atoms with Crippen molar-refractivity contribution in [2.45, 2.75) is 12.8 Å². The predicted molar refractivity (Wildman–Crippen MR) is 43.8 cm³/mol. The van der Waals surface area contributed by atoms with Crippen molar-refractivity contribution in [3.05, 3.63) is 34.6 Å². The highest BCUT2D eigenvalue weighted by atomic mass is 19.1. The van der Waals surface area contributed by atoms with Crippen LogP contribution in [0.2, 0.25) is 0 Å². The van der Waals surface area contributed by atoms with Crippen LogP contribution in [0.4, 0.5) is 4.39 Å². The maximum absolute atomic E-state index is 12.9. The second kappa shape index (κ2) is 2.67. The average Bonchev–Trinajstić information content (AvgIpc) is 2.47. The van der Waals surface area contributed by atoms with Crippen LogP contribution >= 0.6 is 0 Å². The molecule has 0 spiro atoms. The molecule has 0 radical (unpaired) electrons. The summed E-state index contributed by atoms with van der Waals surface area (Å²) in [5.41, 5.74) is 1.38. The lowest BCUT2D eigenvalue weighted by atomic mass is 10.0. The number of ketones is 1. The van der Waals surface area contributed by atoms with Crippen LogP contribution < -0.4 is 0 Å². The van der Waals surface area contributed by atoms with E-state index in [-0.39, 0.29) is 5.78 Å². The van der Waals surface area contributed by atoms with Crippen LogP contribution in [-0.2, 0) is 6.42 Å². The molecule has 1 aliphatic carbocycles. The smallest absolute Gasteiger partial charge is 0.163 e. The van der Waals surface area contributed by atoms with Gasteiger partial charge in [0.05, 0.1) is 11.6 Å². The van der Waals surface area contributed by atoms with Gasteiger partial charge in [-0.1, -0.05) is 0 Å². The zero-order valence-electron chi connectivity index (χ0n) is 6.80. The van der Waals surface area contributed by atoms with Crippen LogP contribution in [-0.4, -0.2) is 5.78 Å². The van der Waals surface area contributed by atoms with Gasteiger partial charge in [0.15, 0.2) is 5.78 Å². The number of carbonyl (C=O) groups is 1. The number of carbonyl (C=O) groups excluding carboxylic acids is 1. The lowest BCUT2D eigenvalue weighted by Crippen LogP contribution is -1.94. The summed E-state index contributed by atoms with van der Waals surface area (Å²) in [5.74, 6) is -0.573. The molecular formula is C10H6FNO. The van der Waals surface area contributed by atoms with E-state index in [1.54, 1.807) is 0 Å². The Balaban J connectivity index is 2.72. The number of rotatable bonds is 0. The van der Waals surface area contributed by atoms with Crippen LogP contribution in [0.5, 0.6) is 0 Å². The Morgan fingerprint density at radius 1 is 1.38 bits per heavy atom. The highest BCUT2D eigenvalue weighted by molar-refractivity contribution is 6.01. The van der Waals surface area contributed by atoms with Gasteiger partial charge in [-0.3, -0.25) is 4.79 Å². The quantitative estimate of drug-likeness (QED) is 0.603. The molecule has 0 saturated heterocycles. The van der Waals surface area contributed by atoms with Crippen molar-refractivity contribution in [1.82, 2.24) is 0 Å². The summed E-state index contributed by atoms with van der Waals surface area (Å²) in [6.07, 6.45) is 0.963. The largest absolute Gasteiger partial charge is 0.294 e. The lowest BCUT2D eigenvalue weighted by molar-refractivity contribution is 0.0994. The molecule has 1 aromatic carbocycles. The summed E-state index contributed by atoms with van der Waals surface area (Å²) >= 11 is 0. The number of benzene rings is 1. The molecule has 0 bridgehead atoms. The van der Waals surface area contributed by atoms with Crippen LogP contribution in [0.3, 0.4) is 0 Å². The number of nitriles is 1. The van der Waals surface area contributed by atoms with Crippen LogP contribution in [0, 0.1) is 17.1 Å². The Hall–Kier alpha value is -1.69. The zero-order valence-corrected chi connectivity index (χ0v) is 6.80. The third kappa shape index (κ3) is 1.11. The summed E-state index contributed by atoms with van der Waals surface area (Å²) in [6, 6.07) is 4.29. The molecule has 13 heavy (non-hydrogen) atoms. The van der Waals surface area contributed by atoms with Gasteiger partial charge in [0.25, 0.3) is 0 Å². The van der Waals surface area contributed by atoms with Gasteiger partial charge in [-0.15, -0.1) is 0 Å². The number of hydrogen-bond acceptors (Lipinski definition) is 2. The number of fused-ring (bicyclic) bond motifs is 1. The average molecular weight is 175 g/mol. The number of hydrogen-bond donors (Lipinski definition) is 0. The fraction of sp³-hybridized carbons (Fsp3) is 0.200. The van der Waals surface area contributed by atoms with E-state index < -0.39 is 5.82 Å². The molecule has 0 saturated carbocycles. The Labute approximate surface area is 74.6 Å². The van der Waals surface area contributed by atoms with Crippen molar-refractivity contribution in [3.8, 4) is 6.07 Å². The summed E-state index contributed by atoms with van der Waals surface area (Å²) in [5, 5.41) is 8.68. The molecule has 2 nitrogen and oxygen atoms in total. The van der Waals surface area contributed by atoms with Gasteiger partial charge in [0.2, 0.25) is 0 Å². The third-order valence-corrected chi connectivity index (χ3v) is 2.24. The maximum atomic E-state index is 12.9. The van der Waals surface area contributed by atoms with Crippen LogP contribution in [0.15, 0.2) is 12.1 Å². The SMILES string of the molecule is N#Cc1cc(F)cc2c1CCC2=O. The molecule has 0 fully saturated rings. The molecule has 0 amide bonds. The molecule has 0 aliphatic heterocycles. The second-order valence-corrected chi connectivity index (χ2v) is 3.01. The van der Waals surface area contributed by atoms with Crippen molar-refractivity contribution in [3.63, 3.8) is 0 Å². The standard InChI is InChI=1S/C10H6FNO/c11-7-3-6(5-12)8-1-2-10(13)9(8)4-7/h3-4H,1-2H2. The molecule has 0 heterocycles. The van der Waals surface area contributed by atoms with E-state index in [1.165, 1.54) is 12.1 Å². The first-order valence-electron chi connectivity index (χ1n) is 3.98. The predicted octanol–water partition coefficient (Wildman–Crippen LogP) is 1.83. The van der Waals surface area contributed by atoms with E-state index >= 15 is 0 Å². The van der Waals surface area contributed by atoms with Crippen molar-refractivity contribution < 1.29 is 9.18 Å². The Morgan fingerprint density at radius 3 is 2.85 bits per heavy atom. The summed E-state index contributed by atoms with van der Waals surface area (Å²) in [6.45, 7) is 0. The molecule has 0 N–H and O–H groups in total. The molecule has 0 unspecified atom stereocenters. The maximum Gasteiger partial charge on any atom is 0.163 e. The van der Waals surface area contributed by atoms with Gasteiger partial charge in [-0.2, -0.15) is 5.26 Å². The molecule has 64 valence electrons. The molecular weight excluding hydrogens is 169 g/mol. The highest BCUT2D eigenvalue weighted by Gasteiger charge is 2.23. The van der Waals surface area contributed by atoms with E-state index in [4.69, 9.17) is 5.26 Å². The van der Waals surface area contributed by atoms with Crippen LogP contribution in [0.1, 0.15) is 27.9 Å². The Kier molecular flexibility index (Phi) is 1.63. The summed E-state index contributed by atoms with van der Waals surface area (Å²) < 4.78 is 12.9. The summed E-state index contributed by atoms with van der Waals surface area (Å²) in [7, 11) is 0. The van der Waals surface area contributed by atoms with Gasteiger partial charge in [0.1, 0.15) is 5.82 Å². The normalized spacial score (nSPS) is 14.0. The first-order chi connectivity index (χ1) is 6.22. The Morgan fingerprint density at radius 2 is 2.15 bits per heavy atom. The van der Waals surface area contributed by atoms with E-state index in [2.05, 4.69) is 0 Å². The van der Waals surface area contributed by atoms with Crippen molar-refractivity contribution in [2.24, 2.45) is 0 Å².